The van der Waals surface area contributed by atoms with Crippen molar-refractivity contribution in [1.29, 1.82) is 0 Å². The Kier molecular flexibility index (Phi) is 6.92. The first-order chi connectivity index (χ1) is 9.13. The van der Waals surface area contributed by atoms with E-state index in [2.05, 4.69) is 0 Å². The molecule has 0 aromatic carbocycles. The van der Waals surface area contributed by atoms with E-state index in [1.165, 1.54) is 0 Å². The SMILES string of the molecule is CCC(=O)OCCCC(=O)OCC(=O)N1CCCC1. The lowest BCUT2D eigenvalue weighted by Crippen LogP contribution is -2.32. The Morgan fingerprint density at radius 1 is 1.05 bits per heavy atom. The van der Waals surface area contributed by atoms with E-state index in [9.17, 15) is 14.4 Å². The molecule has 19 heavy (non-hydrogen) atoms. The summed E-state index contributed by atoms with van der Waals surface area (Å²) in [6, 6.07) is 0. The van der Waals surface area contributed by atoms with E-state index in [1.54, 1.807) is 11.8 Å². The molecule has 1 amide bonds. The number of rotatable bonds is 7. The molecule has 1 aliphatic rings. The van der Waals surface area contributed by atoms with Gasteiger partial charge < -0.3 is 14.4 Å². The molecule has 1 fully saturated rings. The lowest BCUT2D eigenvalue weighted by molar-refractivity contribution is -0.152. The molecule has 108 valence electrons. The summed E-state index contributed by atoms with van der Waals surface area (Å²) >= 11 is 0. The maximum absolute atomic E-state index is 11.6. The molecule has 1 rings (SSSR count). The molecule has 0 unspecified atom stereocenters. The summed E-state index contributed by atoms with van der Waals surface area (Å²) in [7, 11) is 0. The zero-order valence-electron chi connectivity index (χ0n) is 11.4. The van der Waals surface area contributed by atoms with Gasteiger partial charge in [-0.05, 0) is 19.3 Å². The van der Waals surface area contributed by atoms with Gasteiger partial charge in [-0.2, -0.15) is 0 Å². The fourth-order valence-electron chi connectivity index (χ4n) is 1.78. The Balaban J connectivity index is 2.04. The van der Waals surface area contributed by atoms with Crippen LogP contribution in [0.5, 0.6) is 0 Å². The second kappa shape index (κ2) is 8.50. The second-order valence-corrected chi connectivity index (χ2v) is 4.43. The molecule has 0 aliphatic carbocycles. The molecule has 0 N–H and O–H groups in total. The first kappa shape index (κ1) is 15.5. The van der Waals surface area contributed by atoms with Crippen LogP contribution in [0.4, 0.5) is 0 Å². The highest BCUT2D eigenvalue weighted by Crippen LogP contribution is 2.07. The highest BCUT2D eigenvalue weighted by atomic mass is 16.5. The number of likely N-dealkylation sites (tertiary alicyclic amines) is 1. The van der Waals surface area contributed by atoms with Gasteiger partial charge in [0, 0.05) is 25.9 Å². The van der Waals surface area contributed by atoms with Gasteiger partial charge in [0.15, 0.2) is 6.61 Å². The molecule has 0 saturated carbocycles. The zero-order valence-corrected chi connectivity index (χ0v) is 11.4. The highest BCUT2D eigenvalue weighted by molar-refractivity contribution is 5.80. The average molecular weight is 271 g/mol. The first-order valence-electron chi connectivity index (χ1n) is 6.72. The van der Waals surface area contributed by atoms with Crippen molar-refractivity contribution in [2.75, 3.05) is 26.3 Å². The predicted octanol–water partition coefficient (Wildman–Crippen LogP) is 0.885. The second-order valence-electron chi connectivity index (χ2n) is 4.43. The maximum Gasteiger partial charge on any atom is 0.306 e. The van der Waals surface area contributed by atoms with Crippen molar-refractivity contribution in [3.05, 3.63) is 0 Å². The molecule has 6 heteroatoms. The van der Waals surface area contributed by atoms with Crippen molar-refractivity contribution in [1.82, 2.24) is 4.90 Å². The third-order valence-electron chi connectivity index (χ3n) is 2.89. The summed E-state index contributed by atoms with van der Waals surface area (Å²) in [6.45, 7) is 3.24. The van der Waals surface area contributed by atoms with Crippen molar-refractivity contribution in [3.63, 3.8) is 0 Å². The smallest absolute Gasteiger partial charge is 0.306 e. The standard InChI is InChI=1S/C13H21NO5/c1-2-12(16)18-9-5-6-13(17)19-10-11(15)14-7-3-4-8-14/h2-10H2,1H3. The van der Waals surface area contributed by atoms with Gasteiger partial charge in [0.2, 0.25) is 0 Å². The number of esters is 2. The summed E-state index contributed by atoms with van der Waals surface area (Å²) < 4.78 is 9.71. The monoisotopic (exact) mass is 271 g/mol. The van der Waals surface area contributed by atoms with Gasteiger partial charge in [-0.3, -0.25) is 14.4 Å². The Bertz CT molecular complexity index is 323. The number of carbonyl (C=O) groups excluding carboxylic acids is 3. The number of hydrogen-bond donors (Lipinski definition) is 0. The summed E-state index contributed by atoms with van der Waals surface area (Å²) in [6.07, 6.45) is 2.94. The molecule has 0 aromatic heterocycles. The molecular formula is C13H21NO5. The molecular weight excluding hydrogens is 250 g/mol. The van der Waals surface area contributed by atoms with Gasteiger partial charge in [0.25, 0.3) is 5.91 Å². The van der Waals surface area contributed by atoms with Crippen LogP contribution in [0.25, 0.3) is 0 Å². The third kappa shape index (κ3) is 6.22. The topological polar surface area (TPSA) is 72.9 Å². The van der Waals surface area contributed by atoms with Crippen molar-refractivity contribution < 1.29 is 23.9 Å². The summed E-state index contributed by atoms with van der Waals surface area (Å²) in [4.78, 5) is 35.5. The molecule has 6 nitrogen and oxygen atoms in total. The summed E-state index contributed by atoms with van der Waals surface area (Å²) in [5.41, 5.74) is 0. The molecule has 1 saturated heterocycles. The minimum atomic E-state index is -0.430. The van der Waals surface area contributed by atoms with Crippen LogP contribution in [0.1, 0.15) is 39.0 Å². The highest BCUT2D eigenvalue weighted by Gasteiger charge is 2.18. The van der Waals surface area contributed by atoms with Gasteiger partial charge in [-0.25, -0.2) is 0 Å². The van der Waals surface area contributed by atoms with Gasteiger partial charge in [0.05, 0.1) is 6.61 Å². The number of nitrogens with zero attached hydrogens (tertiary/aromatic N) is 1. The van der Waals surface area contributed by atoms with E-state index in [0.29, 0.717) is 12.8 Å². The third-order valence-corrected chi connectivity index (χ3v) is 2.89. The van der Waals surface area contributed by atoms with Crippen LogP contribution in [0, 0.1) is 0 Å². The van der Waals surface area contributed by atoms with Gasteiger partial charge in [-0.15, -0.1) is 0 Å². The normalized spacial score (nSPS) is 14.3. The quantitative estimate of drug-likeness (QED) is 0.508. The van der Waals surface area contributed by atoms with Crippen LogP contribution in [-0.2, 0) is 23.9 Å². The molecule has 1 aliphatic heterocycles. The molecule has 0 bridgehead atoms. The van der Waals surface area contributed by atoms with Crippen LogP contribution in [0.15, 0.2) is 0 Å². The maximum atomic E-state index is 11.6. The van der Waals surface area contributed by atoms with E-state index in [4.69, 9.17) is 9.47 Å². The Hall–Kier alpha value is -1.59. The van der Waals surface area contributed by atoms with Gasteiger partial charge in [-0.1, -0.05) is 6.92 Å². The Labute approximate surface area is 113 Å². The lowest BCUT2D eigenvalue weighted by atomic mass is 10.3. The van der Waals surface area contributed by atoms with Crippen molar-refractivity contribution in [2.45, 2.75) is 39.0 Å². The summed E-state index contributed by atoms with van der Waals surface area (Å²) in [5, 5.41) is 0. The van der Waals surface area contributed by atoms with Crippen LogP contribution in [0.2, 0.25) is 0 Å². The largest absolute Gasteiger partial charge is 0.466 e. The van der Waals surface area contributed by atoms with E-state index in [1.807, 2.05) is 0 Å². The van der Waals surface area contributed by atoms with Gasteiger partial charge >= 0.3 is 11.9 Å². The molecule has 0 aromatic rings. The minimum absolute atomic E-state index is 0.136. The molecule has 0 spiro atoms. The van der Waals surface area contributed by atoms with Crippen molar-refractivity contribution >= 4 is 17.8 Å². The fraction of sp³-hybridized carbons (Fsp3) is 0.769. The first-order valence-corrected chi connectivity index (χ1v) is 6.72. The van der Waals surface area contributed by atoms with Crippen LogP contribution in [-0.4, -0.2) is 49.0 Å². The number of amides is 1. The predicted molar refractivity (Wildman–Crippen MR) is 67.3 cm³/mol. The Morgan fingerprint density at radius 3 is 2.37 bits per heavy atom. The van der Waals surface area contributed by atoms with E-state index in [0.717, 1.165) is 25.9 Å². The van der Waals surface area contributed by atoms with Crippen molar-refractivity contribution in [3.8, 4) is 0 Å². The van der Waals surface area contributed by atoms with Crippen LogP contribution < -0.4 is 0 Å². The Morgan fingerprint density at radius 2 is 1.74 bits per heavy atom. The van der Waals surface area contributed by atoms with Crippen molar-refractivity contribution in [2.24, 2.45) is 0 Å². The minimum Gasteiger partial charge on any atom is -0.466 e. The van der Waals surface area contributed by atoms with E-state index < -0.39 is 5.97 Å². The number of ether oxygens (including phenoxy) is 2. The summed E-state index contributed by atoms with van der Waals surface area (Å²) in [5.74, 6) is -0.846. The lowest BCUT2D eigenvalue weighted by Gasteiger charge is -2.14. The van der Waals surface area contributed by atoms with E-state index >= 15 is 0 Å². The molecule has 0 radical (unpaired) electrons. The van der Waals surface area contributed by atoms with E-state index in [-0.39, 0.29) is 31.5 Å². The zero-order chi connectivity index (χ0) is 14.1. The average Bonchev–Trinajstić information content (AvgIpc) is 2.94. The van der Waals surface area contributed by atoms with Crippen LogP contribution in [0.3, 0.4) is 0 Å². The molecule has 1 heterocycles. The van der Waals surface area contributed by atoms with Gasteiger partial charge in [0.1, 0.15) is 0 Å². The van der Waals surface area contributed by atoms with Crippen LogP contribution >= 0.6 is 0 Å². The fourth-order valence-corrected chi connectivity index (χ4v) is 1.78. The number of carbonyl (C=O) groups is 3. The molecule has 0 atom stereocenters. The number of hydrogen-bond acceptors (Lipinski definition) is 5.